The zero-order chi connectivity index (χ0) is 13.8. The summed E-state index contributed by atoms with van der Waals surface area (Å²) in [7, 11) is 0. The molecule has 1 heterocycles. The number of hydrogen-bond donors (Lipinski definition) is 2. The average molecular weight is 258 g/mol. The summed E-state index contributed by atoms with van der Waals surface area (Å²) in [6.45, 7) is 2.14. The number of hydrogen-bond acceptors (Lipinski definition) is 3. The van der Waals surface area contributed by atoms with Gasteiger partial charge in [-0.2, -0.15) is 0 Å². The average Bonchev–Trinajstić information content (AvgIpc) is 2.83. The van der Waals surface area contributed by atoms with E-state index in [1.807, 2.05) is 0 Å². The second kappa shape index (κ2) is 5.39. The van der Waals surface area contributed by atoms with Crippen LogP contribution in [0.4, 0.5) is 0 Å². The van der Waals surface area contributed by atoms with Crippen LogP contribution in [0.1, 0.15) is 32.2 Å². The first-order valence-electron chi connectivity index (χ1n) is 5.79. The van der Waals surface area contributed by atoms with E-state index >= 15 is 0 Å². The first-order chi connectivity index (χ1) is 9.06. The van der Waals surface area contributed by atoms with Gasteiger partial charge in [0, 0.05) is 12.1 Å². The fourth-order valence-electron chi connectivity index (χ4n) is 1.61. The maximum atomic E-state index is 11.7. The first-order valence-corrected chi connectivity index (χ1v) is 5.79. The number of primary amides is 1. The monoisotopic (exact) mass is 258 g/mol. The Kier molecular flexibility index (Phi) is 3.66. The number of benzene rings is 1. The van der Waals surface area contributed by atoms with E-state index < -0.39 is 5.91 Å². The molecule has 2 aromatic rings. The van der Waals surface area contributed by atoms with E-state index in [0.29, 0.717) is 17.9 Å². The third-order valence-corrected chi connectivity index (χ3v) is 2.66. The summed E-state index contributed by atoms with van der Waals surface area (Å²) < 4.78 is 5.21. The molecule has 0 radical (unpaired) electrons. The number of nitrogens with two attached hydrogens (primary N) is 1. The van der Waals surface area contributed by atoms with Crippen LogP contribution in [0.25, 0.3) is 0 Å². The Morgan fingerprint density at radius 2 is 1.84 bits per heavy atom. The molecule has 2 rings (SSSR count). The standard InChI is InChI=1S/C14H14N2O3/c1-9-2-7-12(19-9)14(18)16-8-10-3-5-11(6-4-10)13(15)17/h2-7H,8H2,1H3,(H2,15,17)(H,16,18). The van der Waals surface area contributed by atoms with Crippen LogP contribution in [0.5, 0.6) is 0 Å². The van der Waals surface area contributed by atoms with Crippen LogP contribution in [0.2, 0.25) is 0 Å². The van der Waals surface area contributed by atoms with Crippen LogP contribution >= 0.6 is 0 Å². The van der Waals surface area contributed by atoms with E-state index in [1.165, 1.54) is 0 Å². The number of carbonyl (C=O) groups excluding carboxylic acids is 2. The van der Waals surface area contributed by atoms with Gasteiger partial charge in [-0.15, -0.1) is 0 Å². The van der Waals surface area contributed by atoms with E-state index in [1.54, 1.807) is 43.3 Å². The molecule has 0 aliphatic carbocycles. The lowest BCUT2D eigenvalue weighted by Gasteiger charge is -2.04. The van der Waals surface area contributed by atoms with E-state index in [9.17, 15) is 9.59 Å². The smallest absolute Gasteiger partial charge is 0.287 e. The van der Waals surface area contributed by atoms with Crippen molar-refractivity contribution in [1.29, 1.82) is 0 Å². The SMILES string of the molecule is Cc1ccc(C(=O)NCc2ccc(C(N)=O)cc2)o1. The largest absolute Gasteiger partial charge is 0.456 e. The normalized spacial score (nSPS) is 10.2. The molecular weight excluding hydrogens is 244 g/mol. The van der Waals surface area contributed by atoms with Crippen LogP contribution < -0.4 is 11.1 Å². The van der Waals surface area contributed by atoms with Crippen molar-refractivity contribution in [2.45, 2.75) is 13.5 Å². The van der Waals surface area contributed by atoms with Crippen molar-refractivity contribution in [1.82, 2.24) is 5.32 Å². The topological polar surface area (TPSA) is 85.3 Å². The summed E-state index contributed by atoms with van der Waals surface area (Å²) in [6.07, 6.45) is 0. The molecule has 0 spiro atoms. The van der Waals surface area contributed by atoms with Crippen molar-refractivity contribution in [2.24, 2.45) is 5.73 Å². The summed E-state index contributed by atoms with van der Waals surface area (Å²) in [5.74, 6) is 0.232. The van der Waals surface area contributed by atoms with Gasteiger partial charge in [0.2, 0.25) is 5.91 Å². The number of furan rings is 1. The minimum absolute atomic E-state index is 0.271. The molecule has 5 nitrogen and oxygen atoms in total. The number of nitrogens with one attached hydrogen (secondary N) is 1. The van der Waals surface area contributed by atoms with E-state index in [0.717, 1.165) is 5.56 Å². The van der Waals surface area contributed by atoms with E-state index in [-0.39, 0.29) is 11.7 Å². The molecule has 0 fully saturated rings. The van der Waals surface area contributed by atoms with Gasteiger partial charge in [0.05, 0.1) is 0 Å². The molecule has 0 aliphatic rings. The van der Waals surface area contributed by atoms with Crippen molar-refractivity contribution in [2.75, 3.05) is 0 Å². The number of amides is 2. The van der Waals surface area contributed by atoms with Gasteiger partial charge in [-0.25, -0.2) is 0 Å². The zero-order valence-corrected chi connectivity index (χ0v) is 10.5. The molecule has 5 heteroatoms. The van der Waals surface area contributed by atoms with Gasteiger partial charge < -0.3 is 15.5 Å². The molecule has 98 valence electrons. The van der Waals surface area contributed by atoms with Gasteiger partial charge in [0.1, 0.15) is 5.76 Å². The summed E-state index contributed by atoms with van der Waals surface area (Å²) in [5, 5.41) is 2.73. The minimum atomic E-state index is -0.471. The number of rotatable bonds is 4. The van der Waals surface area contributed by atoms with Crippen molar-refractivity contribution in [3.8, 4) is 0 Å². The maximum Gasteiger partial charge on any atom is 0.287 e. The summed E-state index contributed by atoms with van der Waals surface area (Å²) >= 11 is 0. The third-order valence-electron chi connectivity index (χ3n) is 2.66. The molecule has 0 saturated carbocycles. The van der Waals surface area contributed by atoms with Crippen LogP contribution in [0.3, 0.4) is 0 Å². The molecule has 0 aliphatic heterocycles. The Morgan fingerprint density at radius 3 is 2.37 bits per heavy atom. The second-order valence-corrected chi connectivity index (χ2v) is 4.15. The fraction of sp³-hybridized carbons (Fsp3) is 0.143. The molecule has 1 aromatic heterocycles. The maximum absolute atomic E-state index is 11.7. The quantitative estimate of drug-likeness (QED) is 0.873. The van der Waals surface area contributed by atoms with Crippen molar-refractivity contribution in [3.05, 3.63) is 59.0 Å². The molecule has 0 atom stereocenters. The lowest BCUT2D eigenvalue weighted by Crippen LogP contribution is -2.22. The Morgan fingerprint density at radius 1 is 1.16 bits per heavy atom. The van der Waals surface area contributed by atoms with Gasteiger partial charge in [0.25, 0.3) is 5.91 Å². The van der Waals surface area contributed by atoms with Crippen molar-refractivity contribution < 1.29 is 14.0 Å². The van der Waals surface area contributed by atoms with Crippen LogP contribution in [-0.4, -0.2) is 11.8 Å². The lowest BCUT2D eigenvalue weighted by atomic mass is 10.1. The highest BCUT2D eigenvalue weighted by Gasteiger charge is 2.09. The summed E-state index contributed by atoms with van der Waals surface area (Å²) in [5.41, 5.74) is 6.46. The van der Waals surface area contributed by atoms with Crippen molar-refractivity contribution in [3.63, 3.8) is 0 Å². The summed E-state index contributed by atoms with van der Waals surface area (Å²) in [4.78, 5) is 22.6. The molecule has 0 bridgehead atoms. The van der Waals surface area contributed by atoms with E-state index in [2.05, 4.69) is 5.32 Å². The van der Waals surface area contributed by atoms with E-state index in [4.69, 9.17) is 10.2 Å². The highest BCUT2D eigenvalue weighted by Crippen LogP contribution is 2.07. The zero-order valence-electron chi connectivity index (χ0n) is 10.5. The van der Waals surface area contributed by atoms with Crippen LogP contribution in [-0.2, 0) is 6.54 Å². The van der Waals surface area contributed by atoms with Crippen molar-refractivity contribution >= 4 is 11.8 Å². The lowest BCUT2D eigenvalue weighted by molar-refractivity contribution is 0.0921. The summed E-state index contributed by atoms with van der Waals surface area (Å²) in [6, 6.07) is 10.1. The predicted octanol–water partition coefficient (Wildman–Crippen LogP) is 1.62. The third kappa shape index (κ3) is 3.22. The molecule has 2 amide bonds. The van der Waals surface area contributed by atoms with Crippen LogP contribution in [0.15, 0.2) is 40.8 Å². The molecule has 0 saturated heterocycles. The van der Waals surface area contributed by atoms with Gasteiger partial charge in [-0.1, -0.05) is 12.1 Å². The highest BCUT2D eigenvalue weighted by molar-refractivity contribution is 5.93. The molecule has 3 N–H and O–H groups in total. The Labute approximate surface area is 110 Å². The minimum Gasteiger partial charge on any atom is -0.456 e. The molecule has 1 aromatic carbocycles. The molecular formula is C14H14N2O3. The predicted molar refractivity (Wildman–Crippen MR) is 69.6 cm³/mol. The Balaban J connectivity index is 1.95. The Hall–Kier alpha value is -2.56. The molecule has 0 unspecified atom stereocenters. The second-order valence-electron chi connectivity index (χ2n) is 4.15. The van der Waals surface area contributed by atoms with Gasteiger partial charge in [-0.05, 0) is 36.8 Å². The highest BCUT2D eigenvalue weighted by atomic mass is 16.3. The van der Waals surface area contributed by atoms with Crippen LogP contribution in [0, 0.1) is 6.92 Å². The van der Waals surface area contributed by atoms with Gasteiger partial charge in [-0.3, -0.25) is 9.59 Å². The van der Waals surface area contributed by atoms with Gasteiger partial charge >= 0.3 is 0 Å². The van der Waals surface area contributed by atoms with Gasteiger partial charge in [0.15, 0.2) is 5.76 Å². The number of aryl methyl sites for hydroxylation is 1. The Bertz CT molecular complexity index is 599. The fourth-order valence-corrected chi connectivity index (χ4v) is 1.61. The first kappa shape index (κ1) is 12.9. The molecule has 19 heavy (non-hydrogen) atoms. The number of carbonyl (C=O) groups is 2.